The van der Waals surface area contributed by atoms with Crippen molar-refractivity contribution in [2.75, 3.05) is 10.6 Å². The quantitative estimate of drug-likeness (QED) is 0.333. The second kappa shape index (κ2) is 9.35. The Kier molecular flexibility index (Phi) is 6.32. The van der Waals surface area contributed by atoms with Crippen LogP contribution in [0, 0.1) is 5.82 Å². The van der Waals surface area contributed by atoms with E-state index >= 15 is 0 Å². The summed E-state index contributed by atoms with van der Waals surface area (Å²) in [5.74, 6) is -1.84. The van der Waals surface area contributed by atoms with Gasteiger partial charge >= 0.3 is 6.18 Å². The maximum absolute atomic E-state index is 13.7. The highest BCUT2D eigenvalue weighted by atomic mass is 19.4. The van der Waals surface area contributed by atoms with Gasteiger partial charge < -0.3 is 10.6 Å². The minimum absolute atomic E-state index is 0.0856. The third-order valence-corrected chi connectivity index (χ3v) is 5.19. The molecule has 0 aliphatic heterocycles. The van der Waals surface area contributed by atoms with Gasteiger partial charge in [0.15, 0.2) is 0 Å². The molecule has 172 valence electrons. The molecular weight excluding hydrogens is 448 g/mol. The van der Waals surface area contributed by atoms with E-state index in [1.54, 1.807) is 12.1 Å². The molecule has 0 bridgehead atoms. The molecule has 0 saturated heterocycles. The standard InChI is InChI=1S/C26H18F4N2O2/c27-19-10-8-17(9-11-19)25(34)31-20-12-13-23(22(15-20)26(28,29)30)32-24(33)14-18-6-3-5-16-4-1-2-7-21(16)18/h1-13,15H,14H2,(H,31,34)(H,32,33). The van der Waals surface area contributed by atoms with Crippen LogP contribution >= 0.6 is 0 Å². The fourth-order valence-electron chi connectivity index (χ4n) is 3.58. The molecular formula is C26H18F4N2O2. The first kappa shape index (κ1) is 23.0. The van der Waals surface area contributed by atoms with Crippen LogP contribution in [0.3, 0.4) is 0 Å². The summed E-state index contributed by atoms with van der Waals surface area (Å²) in [6, 6.07) is 20.5. The third kappa shape index (κ3) is 5.23. The smallest absolute Gasteiger partial charge is 0.325 e. The van der Waals surface area contributed by atoms with Crippen molar-refractivity contribution in [1.82, 2.24) is 0 Å². The van der Waals surface area contributed by atoms with Crippen molar-refractivity contribution in [2.45, 2.75) is 12.6 Å². The molecule has 8 heteroatoms. The van der Waals surface area contributed by atoms with Gasteiger partial charge in [-0.15, -0.1) is 0 Å². The maximum Gasteiger partial charge on any atom is 0.418 e. The van der Waals surface area contributed by atoms with Crippen molar-refractivity contribution in [2.24, 2.45) is 0 Å². The summed E-state index contributed by atoms with van der Waals surface area (Å²) in [7, 11) is 0. The number of alkyl halides is 3. The number of benzene rings is 4. The van der Waals surface area contributed by atoms with Crippen LogP contribution in [0.25, 0.3) is 10.8 Å². The summed E-state index contributed by atoms with van der Waals surface area (Å²) in [5.41, 5.74) is -0.864. The number of carbonyl (C=O) groups excluding carboxylic acids is 2. The van der Waals surface area contributed by atoms with E-state index in [1.807, 2.05) is 30.3 Å². The number of nitrogens with one attached hydrogen (secondary N) is 2. The molecule has 0 aliphatic rings. The molecule has 2 amide bonds. The first-order chi connectivity index (χ1) is 16.2. The topological polar surface area (TPSA) is 58.2 Å². The Morgan fingerprint density at radius 1 is 0.794 bits per heavy atom. The van der Waals surface area contributed by atoms with Crippen LogP contribution in [0.15, 0.2) is 84.9 Å². The van der Waals surface area contributed by atoms with Crippen molar-refractivity contribution in [1.29, 1.82) is 0 Å². The minimum atomic E-state index is -4.78. The van der Waals surface area contributed by atoms with Crippen LogP contribution in [0.4, 0.5) is 28.9 Å². The Hall–Kier alpha value is -4.20. The van der Waals surface area contributed by atoms with Crippen LogP contribution in [0.1, 0.15) is 21.5 Å². The van der Waals surface area contributed by atoms with E-state index < -0.39 is 35.1 Å². The predicted octanol–water partition coefficient (Wildman–Crippen LogP) is 6.43. The van der Waals surface area contributed by atoms with Gasteiger partial charge in [0.2, 0.25) is 5.91 Å². The largest absolute Gasteiger partial charge is 0.418 e. The van der Waals surface area contributed by atoms with Crippen molar-refractivity contribution < 1.29 is 27.2 Å². The first-order valence-electron chi connectivity index (χ1n) is 10.3. The Bertz CT molecular complexity index is 1360. The molecule has 0 aliphatic carbocycles. The molecule has 0 radical (unpaired) electrons. The zero-order valence-electron chi connectivity index (χ0n) is 17.6. The highest BCUT2D eigenvalue weighted by Crippen LogP contribution is 2.37. The van der Waals surface area contributed by atoms with Gasteiger partial charge in [0, 0.05) is 11.3 Å². The number of hydrogen-bond donors (Lipinski definition) is 2. The van der Waals surface area contributed by atoms with E-state index in [-0.39, 0.29) is 17.7 Å². The second-order valence-electron chi connectivity index (χ2n) is 7.58. The Morgan fingerprint density at radius 2 is 1.50 bits per heavy atom. The summed E-state index contributed by atoms with van der Waals surface area (Å²) >= 11 is 0. The van der Waals surface area contributed by atoms with Crippen LogP contribution in [0.2, 0.25) is 0 Å². The summed E-state index contributed by atoms with van der Waals surface area (Å²) in [4.78, 5) is 24.9. The van der Waals surface area contributed by atoms with Crippen LogP contribution in [-0.2, 0) is 17.4 Å². The molecule has 34 heavy (non-hydrogen) atoms. The van der Waals surface area contributed by atoms with Gasteiger partial charge in [-0.25, -0.2) is 4.39 Å². The van der Waals surface area contributed by atoms with E-state index in [0.29, 0.717) is 5.56 Å². The number of halogens is 4. The van der Waals surface area contributed by atoms with Gasteiger partial charge in [0.1, 0.15) is 5.82 Å². The number of anilines is 2. The van der Waals surface area contributed by atoms with Crippen molar-refractivity contribution in [3.05, 3.63) is 107 Å². The molecule has 4 rings (SSSR count). The molecule has 0 unspecified atom stereocenters. The van der Waals surface area contributed by atoms with Crippen LogP contribution in [-0.4, -0.2) is 11.8 Å². The lowest BCUT2D eigenvalue weighted by Gasteiger charge is -2.16. The molecule has 4 aromatic carbocycles. The molecule has 0 aromatic heterocycles. The highest BCUT2D eigenvalue weighted by Gasteiger charge is 2.34. The van der Waals surface area contributed by atoms with E-state index in [2.05, 4.69) is 10.6 Å². The average Bonchev–Trinajstić information content (AvgIpc) is 2.80. The summed E-state index contributed by atoms with van der Waals surface area (Å²) in [6.45, 7) is 0. The van der Waals surface area contributed by atoms with Gasteiger partial charge in [-0.3, -0.25) is 9.59 Å². The lowest BCUT2D eigenvalue weighted by Crippen LogP contribution is -2.19. The number of rotatable bonds is 5. The fraction of sp³-hybridized carbons (Fsp3) is 0.0769. The Morgan fingerprint density at radius 3 is 2.24 bits per heavy atom. The van der Waals surface area contributed by atoms with Crippen molar-refractivity contribution in [3.8, 4) is 0 Å². The summed E-state index contributed by atoms with van der Waals surface area (Å²) in [6.07, 6.45) is -4.89. The monoisotopic (exact) mass is 466 g/mol. The van der Waals surface area contributed by atoms with Gasteiger partial charge in [0.05, 0.1) is 17.7 Å². The Balaban J connectivity index is 1.55. The second-order valence-corrected chi connectivity index (χ2v) is 7.58. The number of amides is 2. The third-order valence-electron chi connectivity index (χ3n) is 5.19. The molecule has 0 fully saturated rings. The van der Waals surface area contributed by atoms with Crippen molar-refractivity contribution >= 4 is 34.0 Å². The summed E-state index contributed by atoms with van der Waals surface area (Å²) < 4.78 is 54.2. The fourth-order valence-corrected chi connectivity index (χ4v) is 3.58. The van der Waals surface area contributed by atoms with Crippen molar-refractivity contribution in [3.63, 3.8) is 0 Å². The SMILES string of the molecule is O=C(Cc1cccc2ccccc12)Nc1ccc(NC(=O)c2ccc(F)cc2)cc1C(F)(F)F. The summed E-state index contributed by atoms with van der Waals surface area (Å²) in [5, 5.41) is 6.46. The minimum Gasteiger partial charge on any atom is -0.325 e. The van der Waals surface area contributed by atoms with Gasteiger partial charge in [-0.2, -0.15) is 13.2 Å². The highest BCUT2D eigenvalue weighted by molar-refractivity contribution is 6.04. The lowest BCUT2D eigenvalue weighted by molar-refractivity contribution is -0.136. The molecule has 0 saturated carbocycles. The molecule has 4 aromatic rings. The van der Waals surface area contributed by atoms with Gasteiger partial charge in [-0.1, -0.05) is 42.5 Å². The number of carbonyl (C=O) groups is 2. The molecule has 0 spiro atoms. The molecule has 2 N–H and O–H groups in total. The zero-order valence-corrected chi connectivity index (χ0v) is 17.6. The average molecular weight is 466 g/mol. The predicted molar refractivity (Wildman–Crippen MR) is 122 cm³/mol. The molecule has 0 atom stereocenters. The van der Waals surface area contributed by atoms with E-state index in [9.17, 15) is 27.2 Å². The zero-order chi connectivity index (χ0) is 24.3. The number of hydrogen-bond acceptors (Lipinski definition) is 2. The van der Waals surface area contributed by atoms with E-state index in [0.717, 1.165) is 35.0 Å². The van der Waals surface area contributed by atoms with E-state index in [1.165, 1.54) is 18.2 Å². The Labute approximate surface area is 192 Å². The van der Waals surface area contributed by atoms with E-state index in [4.69, 9.17) is 0 Å². The maximum atomic E-state index is 13.7. The number of fused-ring (bicyclic) bond motifs is 1. The van der Waals surface area contributed by atoms with Crippen LogP contribution in [0.5, 0.6) is 0 Å². The van der Waals surface area contributed by atoms with Gasteiger partial charge in [-0.05, 0) is 58.8 Å². The molecule has 0 heterocycles. The molecule has 4 nitrogen and oxygen atoms in total. The van der Waals surface area contributed by atoms with Gasteiger partial charge in [0.25, 0.3) is 5.91 Å². The lowest BCUT2D eigenvalue weighted by atomic mass is 10.0. The van der Waals surface area contributed by atoms with Crippen LogP contribution < -0.4 is 10.6 Å². The normalized spacial score (nSPS) is 11.3. The first-order valence-corrected chi connectivity index (χ1v) is 10.3.